The van der Waals surface area contributed by atoms with Gasteiger partial charge in [0.15, 0.2) is 11.7 Å². The topological polar surface area (TPSA) is 55.1 Å². The van der Waals surface area contributed by atoms with E-state index in [0.717, 1.165) is 22.6 Å². The van der Waals surface area contributed by atoms with Gasteiger partial charge in [-0.15, -0.1) is 0 Å². The van der Waals surface area contributed by atoms with Crippen molar-refractivity contribution in [1.29, 1.82) is 0 Å². The van der Waals surface area contributed by atoms with Gasteiger partial charge in [0.05, 0.1) is 0 Å². The Bertz CT molecular complexity index is 813. The number of rotatable bonds is 7. The van der Waals surface area contributed by atoms with Crippen molar-refractivity contribution in [1.82, 2.24) is 10.3 Å². The fourth-order valence-corrected chi connectivity index (χ4v) is 2.76. The molecule has 0 saturated carbocycles. The highest BCUT2D eigenvalue weighted by Gasteiger charge is 2.18. The molecule has 4 nitrogen and oxygen atoms in total. The summed E-state index contributed by atoms with van der Waals surface area (Å²) in [5.74, 6) is 1.76. The van der Waals surface area contributed by atoms with Gasteiger partial charge in [0.1, 0.15) is 5.69 Å². The van der Waals surface area contributed by atoms with E-state index in [1.165, 1.54) is 0 Å². The second-order valence-electron chi connectivity index (χ2n) is 7.12. The van der Waals surface area contributed by atoms with Crippen molar-refractivity contribution in [2.45, 2.75) is 39.7 Å². The van der Waals surface area contributed by atoms with Crippen LogP contribution < -0.4 is 5.32 Å². The lowest BCUT2D eigenvalue weighted by Crippen LogP contribution is -2.36. The minimum atomic E-state index is 0.0249. The molecule has 0 radical (unpaired) electrons. The molecule has 1 atom stereocenters. The smallest absolute Gasteiger partial charge is 0.220 e. The average Bonchev–Trinajstić information content (AvgIpc) is 3.12. The van der Waals surface area contributed by atoms with Gasteiger partial charge in [-0.2, -0.15) is 0 Å². The van der Waals surface area contributed by atoms with Gasteiger partial charge in [-0.1, -0.05) is 74.5 Å². The molecule has 0 aliphatic heterocycles. The predicted molar refractivity (Wildman–Crippen MR) is 108 cm³/mol. The van der Waals surface area contributed by atoms with Crippen LogP contribution in [-0.4, -0.2) is 16.9 Å². The minimum Gasteiger partial charge on any atom is -0.440 e. The molecule has 1 amide bonds. The number of nitrogens with one attached hydrogen (secondary N) is 1. The van der Waals surface area contributed by atoms with Crippen molar-refractivity contribution in [2.24, 2.45) is 5.92 Å². The van der Waals surface area contributed by atoms with Crippen LogP contribution in [0.2, 0.25) is 0 Å². The van der Waals surface area contributed by atoms with Crippen LogP contribution in [-0.2, 0) is 11.2 Å². The monoisotopic (exact) mass is 362 g/mol. The van der Waals surface area contributed by atoms with Crippen LogP contribution in [0.5, 0.6) is 0 Å². The zero-order valence-electron chi connectivity index (χ0n) is 16.1. The first-order chi connectivity index (χ1) is 13.0. The van der Waals surface area contributed by atoms with Crippen molar-refractivity contribution in [2.75, 3.05) is 0 Å². The van der Waals surface area contributed by atoms with Crippen molar-refractivity contribution in [3.8, 4) is 22.6 Å². The number of oxazole rings is 1. The standard InChI is InChI=1S/C23H26N2O2/c1-16(2)17(3)24-20(26)14-15-21-25-22(18-10-6-4-7-11-18)23(27-21)19-12-8-5-9-13-19/h4-13,16-17H,14-15H2,1-3H3,(H,24,26). The largest absolute Gasteiger partial charge is 0.440 e. The summed E-state index contributed by atoms with van der Waals surface area (Å²) in [6.45, 7) is 6.21. The Hall–Kier alpha value is -2.88. The summed E-state index contributed by atoms with van der Waals surface area (Å²) < 4.78 is 6.07. The molecule has 2 aromatic carbocycles. The van der Waals surface area contributed by atoms with Crippen LogP contribution in [0.4, 0.5) is 0 Å². The number of carbonyl (C=O) groups is 1. The zero-order valence-corrected chi connectivity index (χ0v) is 16.1. The van der Waals surface area contributed by atoms with Crippen molar-refractivity contribution in [3.63, 3.8) is 0 Å². The molecule has 0 bridgehead atoms. The maximum absolute atomic E-state index is 12.2. The summed E-state index contributed by atoms with van der Waals surface area (Å²) in [7, 11) is 0. The van der Waals surface area contributed by atoms with Gasteiger partial charge >= 0.3 is 0 Å². The van der Waals surface area contributed by atoms with E-state index >= 15 is 0 Å². The zero-order chi connectivity index (χ0) is 19.2. The van der Waals surface area contributed by atoms with E-state index in [1.54, 1.807) is 0 Å². The van der Waals surface area contributed by atoms with Crippen LogP contribution in [0.15, 0.2) is 65.1 Å². The van der Waals surface area contributed by atoms with E-state index < -0.39 is 0 Å². The van der Waals surface area contributed by atoms with E-state index in [2.05, 4.69) is 19.2 Å². The molecule has 1 heterocycles. The van der Waals surface area contributed by atoms with Crippen LogP contribution in [0.1, 0.15) is 33.1 Å². The third-order valence-corrected chi connectivity index (χ3v) is 4.71. The van der Waals surface area contributed by atoms with E-state index in [4.69, 9.17) is 9.40 Å². The maximum Gasteiger partial charge on any atom is 0.220 e. The number of aryl methyl sites for hydroxylation is 1. The molecule has 1 N–H and O–H groups in total. The third kappa shape index (κ3) is 4.85. The molecule has 1 aromatic heterocycles. The Kier molecular flexibility index (Phi) is 6.07. The summed E-state index contributed by atoms with van der Waals surface area (Å²) >= 11 is 0. The maximum atomic E-state index is 12.2. The number of hydrogen-bond donors (Lipinski definition) is 1. The van der Waals surface area contributed by atoms with Gasteiger partial charge in [-0.05, 0) is 12.8 Å². The average molecular weight is 362 g/mol. The second-order valence-corrected chi connectivity index (χ2v) is 7.12. The Balaban J connectivity index is 1.81. The summed E-state index contributed by atoms with van der Waals surface area (Å²) in [5.41, 5.74) is 2.80. The number of hydrogen-bond acceptors (Lipinski definition) is 3. The van der Waals surface area contributed by atoms with Crippen molar-refractivity contribution in [3.05, 3.63) is 66.6 Å². The Labute approximate surface area is 160 Å². The van der Waals surface area contributed by atoms with E-state index in [9.17, 15) is 4.79 Å². The van der Waals surface area contributed by atoms with Gasteiger partial charge in [-0.3, -0.25) is 4.79 Å². The van der Waals surface area contributed by atoms with Crippen molar-refractivity contribution >= 4 is 5.91 Å². The third-order valence-electron chi connectivity index (χ3n) is 4.71. The lowest BCUT2D eigenvalue weighted by atomic mass is 10.1. The highest BCUT2D eigenvalue weighted by atomic mass is 16.4. The fourth-order valence-electron chi connectivity index (χ4n) is 2.76. The highest BCUT2D eigenvalue weighted by molar-refractivity contribution is 5.78. The normalized spacial score (nSPS) is 12.1. The molecule has 140 valence electrons. The Morgan fingerprint density at radius 3 is 2.15 bits per heavy atom. The number of amides is 1. The minimum absolute atomic E-state index is 0.0249. The van der Waals surface area contributed by atoms with Gasteiger partial charge in [0.25, 0.3) is 0 Å². The van der Waals surface area contributed by atoms with Gasteiger partial charge in [0, 0.05) is 30.0 Å². The molecular weight excluding hydrogens is 336 g/mol. The predicted octanol–water partition coefficient (Wildman–Crippen LogP) is 5.10. The second kappa shape index (κ2) is 8.67. The molecule has 1 unspecified atom stereocenters. The molecule has 0 fully saturated rings. The van der Waals surface area contributed by atoms with Gasteiger partial charge < -0.3 is 9.73 Å². The first-order valence-corrected chi connectivity index (χ1v) is 9.44. The van der Waals surface area contributed by atoms with Crippen LogP contribution in [0.25, 0.3) is 22.6 Å². The van der Waals surface area contributed by atoms with Crippen LogP contribution in [0.3, 0.4) is 0 Å². The fraction of sp³-hybridized carbons (Fsp3) is 0.304. The highest BCUT2D eigenvalue weighted by Crippen LogP contribution is 2.32. The van der Waals surface area contributed by atoms with Crippen LogP contribution >= 0.6 is 0 Å². The molecule has 3 aromatic rings. The lowest BCUT2D eigenvalue weighted by molar-refractivity contribution is -0.122. The van der Waals surface area contributed by atoms with Crippen molar-refractivity contribution < 1.29 is 9.21 Å². The SMILES string of the molecule is CC(C)C(C)NC(=O)CCc1nc(-c2ccccc2)c(-c2ccccc2)o1. The van der Waals surface area contributed by atoms with Crippen LogP contribution in [0, 0.1) is 5.92 Å². The molecule has 3 rings (SSSR count). The summed E-state index contributed by atoms with van der Waals surface area (Å²) in [6, 6.07) is 20.1. The number of carbonyl (C=O) groups excluding carboxylic acids is 1. The molecule has 4 heteroatoms. The number of nitrogens with zero attached hydrogens (tertiary/aromatic N) is 1. The number of benzene rings is 2. The molecular formula is C23H26N2O2. The summed E-state index contributed by atoms with van der Waals surface area (Å²) in [5, 5.41) is 3.03. The molecule has 0 aliphatic rings. The molecule has 0 aliphatic carbocycles. The van der Waals surface area contributed by atoms with E-state index in [-0.39, 0.29) is 11.9 Å². The van der Waals surface area contributed by atoms with Gasteiger partial charge in [0.2, 0.25) is 5.91 Å². The number of aromatic nitrogens is 1. The summed E-state index contributed by atoms with van der Waals surface area (Å²) in [6.07, 6.45) is 0.837. The molecule has 0 saturated heterocycles. The first kappa shape index (κ1) is 18.9. The lowest BCUT2D eigenvalue weighted by Gasteiger charge is -2.16. The van der Waals surface area contributed by atoms with E-state index in [0.29, 0.717) is 24.7 Å². The first-order valence-electron chi connectivity index (χ1n) is 9.44. The Morgan fingerprint density at radius 1 is 0.963 bits per heavy atom. The molecule has 27 heavy (non-hydrogen) atoms. The summed E-state index contributed by atoms with van der Waals surface area (Å²) in [4.78, 5) is 16.9. The Morgan fingerprint density at radius 2 is 1.56 bits per heavy atom. The van der Waals surface area contributed by atoms with E-state index in [1.807, 2.05) is 67.6 Å². The van der Waals surface area contributed by atoms with Gasteiger partial charge in [-0.25, -0.2) is 4.98 Å². The quantitative estimate of drug-likeness (QED) is 0.636. The molecule has 0 spiro atoms.